The minimum atomic E-state index is -4.16. The van der Waals surface area contributed by atoms with Gasteiger partial charge in [0.25, 0.3) is 0 Å². The van der Waals surface area contributed by atoms with Gasteiger partial charge in [-0.05, 0) is 43.7 Å². The Kier molecular flexibility index (Phi) is 9.77. The Hall–Kier alpha value is -2.36. The molecular formula is C27H38BN3O9S. The van der Waals surface area contributed by atoms with Crippen LogP contribution < -0.4 is 20.1 Å². The zero-order valence-corrected chi connectivity index (χ0v) is 24.0. The number of amides is 1. The lowest BCUT2D eigenvalue weighted by molar-refractivity contribution is -0.0907. The normalized spacial score (nSPS) is 32.0. The number of aliphatic hydroxyl groups is 1. The molecule has 1 amide bonds. The summed E-state index contributed by atoms with van der Waals surface area (Å²) in [6, 6.07) is 4.59. The highest BCUT2D eigenvalue weighted by atomic mass is 32.2. The molecule has 224 valence electrons. The number of nitrogens with one attached hydrogen (secondary N) is 2. The Morgan fingerprint density at radius 1 is 1.29 bits per heavy atom. The molecule has 2 radical (unpaired) electrons. The van der Waals surface area contributed by atoms with E-state index in [1.165, 1.54) is 13.2 Å². The van der Waals surface area contributed by atoms with Crippen molar-refractivity contribution in [2.75, 3.05) is 46.5 Å². The van der Waals surface area contributed by atoms with E-state index < -0.39 is 34.3 Å². The lowest BCUT2D eigenvalue weighted by atomic mass is 9.91. The van der Waals surface area contributed by atoms with E-state index in [1.54, 1.807) is 12.1 Å². The van der Waals surface area contributed by atoms with E-state index in [1.807, 2.05) is 6.08 Å². The van der Waals surface area contributed by atoms with Gasteiger partial charge in [-0.15, -0.1) is 0 Å². The number of benzene rings is 1. The van der Waals surface area contributed by atoms with Crippen LogP contribution in [-0.2, 0) is 24.2 Å². The molecule has 3 heterocycles. The fraction of sp³-hybridized carbons (Fsp3) is 0.667. The minimum absolute atomic E-state index is 0.0305. The first-order chi connectivity index (χ1) is 19.7. The number of alkyl carbamates (subject to hydrolysis) is 1. The molecule has 3 fully saturated rings. The first-order valence-corrected chi connectivity index (χ1v) is 15.5. The average Bonchev–Trinajstić information content (AvgIpc) is 3.68. The van der Waals surface area contributed by atoms with Crippen LogP contribution in [0.4, 0.5) is 4.79 Å². The number of ether oxygens (including phenoxy) is 5. The summed E-state index contributed by atoms with van der Waals surface area (Å²) in [5, 5.41) is 16.6. The van der Waals surface area contributed by atoms with E-state index >= 15 is 0 Å². The fourth-order valence-electron chi connectivity index (χ4n) is 5.73. The standard InChI is InChI=1S/C27H38BN3O9S/c1-36-18-6-7-24-22(14-18)39-19-5-4-17(13-19)3-2-9-29-10-11-31(41(24,34)35)15-21(32)25(28)30-27(33)40-23-16-38-26-20(23)8-12-37-26/h2-3,6-7,14,17,19-21,23,25-26,29,32H,4-5,8-13,15-16H2,1H3,(H,30,33)/b3-2-/t17?,19?,20-,21+,23-,25+,26+/m0/s1. The van der Waals surface area contributed by atoms with Gasteiger partial charge in [0.2, 0.25) is 10.0 Å². The molecule has 41 heavy (non-hydrogen) atoms. The van der Waals surface area contributed by atoms with Gasteiger partial charge in [0.15, 0.2) is 6.29 Å². The number of methoxy groups -OCH3 is 1. The number of fused-ring (bicyclic) bond motifs is 4. The van der Waals surface area contributed by atoms with E-state index in [4.69, 9.17) is 31.5 Å². The van der Waals surface area contributed by atoms with Gasteiger partial charge in [-0.25, -0.2) is 13.2 Å². The summed E-state index contributed by atoms with van der Waals surface area (Å²) in [6.45, 7) is 1.33. The molecule has 0 aromatic heterocycles. The van der Waals surface area contributed by atoms with Crippen molar-refractivity contribution in [3.8, 4) is 11.5 Å². The van der Waals surface area contributed by atoms with Crippen LogP contribution in [0.1, 0.15) is 25.7 Å². The summed E-state index contributed by atoms with van der Waals surface area (Å²) < 4.78 is 57.1. The maximum atomic E-state index is 14.0. The smallest absolute Gasteiger partial charge is 0.407 e. The van der Waals surface area contributed by atoms with Crippen LogP contribution in [0, 0.1) is 11.8 Å². The molecule has 5 rings (SSSR count). The van der Waals surface area contributed by atoms with Crippen molar-refractivity contribution in [3.05, 3.63) is 30.4 Å². The monoisotopic (exact) mass is 591 g/mol. The molecule has 12 nitrogen and oxygen atoms in total. The molecule has 4 aliphatic rings. The number of nitrogens with zero attached hydrogens (tertiary/aromatic N) is 1. The van der Waals surface area contributed by atoms with Gasteiger partial charge in [-0.3, -0.25) is 0 Å². The van der Waals surface area contributed by atoms with Gasteiger partial charge in [0, 0.05) is 38.2 Å². The number of sulfonamides is 1. The highest BCUT2D eigenvalue weighted by molar-refractivity contribution is 7.89. The number of carbonyl (C=O) groups excluding carboxylic acids is 1. The molecule has 1 aromatic rings. The Bertz CT molecular complexity index is 1200. The Morgan fingerprint density at radius 3 is 2.98 bits per heavy atom. The van der Waals surface area contributed by atoms with Crippen LogP contribution >= 0.6 is 0 Å². The van der Waals surface area contributed by atoms with Crippen LogP contribution in [0.15, 0.2) is 35.2 Å². The maximum Gasteiger partial charge on any atom is 0.407 e. The summed E-state index contributed by atoms with van der Waals surface area (Å²) in [5.74, 6) is -0.308. The molecule has 2 bridgehead atoms. The number of aliphatic hydroxyl groups excluding tert-OH is 1. The van der Waals surface area contributed by atoms with Crippen LogP contribution in [0.5, 0.6) is 11.5 Å². The largest absolute Gasteiger partial charge is 0.497 e. The molecule has 3 N–H and O–H groups in total. The van der Waals surface area contributed by atoms with Crippen LogP contribution in [0.25, 0.3) is 0 Å². The Morgan fingerprint density at radius 2 is 2.15 bits per heavy atom. The van der Waals surface area contributed by atoms with E-state index in [0.29, 0.717) is 37.8 Å². The first-order valence-electron chi connectivity index (χ1n) is 14.1. The summed E-state index contributed by atoms with van der Waals surface area (Å²) in [6.07, 6.45) is 4.22. The van der Waals surface area contributed by atoms with Crippen molar-refractivity contribution in [1.82, 2.24) is 14.9 Å². The van der Waals surface area contributed by atoms with Crippen molar-refractivity contribution in [2.45, 2.75) is 61.1 Å². The first kappa shape index (κ1) is 30.1. The van der Waals surface area contributed by atoms with E-state index in [0.717, 1.165) is 23.6 Å². The van der Waals surface area contributed by atoms with Crippen molar-refractivity contribution < 1.29 is 42.0 Å². The van der Waals surface area contributed by atoms with Crippen LogP contribution in [-0.4, -0.2) is 109 Å². The van der Waals surface area contributed by atoms with Crippen molar-refractivity contribution in [2.24, 2.45) is 11.8 Å². The summed E-state index contributed by atoms with van der Waals surface area (Å²) in [5.41, 5.74) is 0. The number of carbonyl (C=O) groups is 1. The second-order valence-electron chi connectivity index (χ2n) is 10.8. The predicted octanol–water partition coefficient (Wildman–Crippen LogP) is 0.736. The molecule has 3 aliphatic heterocycles. The third-order valence-electron chi connectivity index (χ3n) is 8.03. The molecule has 2 saturated heterocycles. The Labute approximate surface area is 242 Å². The molecule has 14 heteroatoms. The molecular weight excluding hydrogens is 553 g/mol. The molecule has 1 saturated carbocycles. The Balaban J connectivity index is 1.30. The van der Waals surface area contributed by atoms with Gasteiger partial charge in [0.1, 0.15) is 30.3 Å². The average molecular weight is 591 g/mol. The highest BCUT2D eigenvalue weighted by Crippen LogP contribution is 2.36. The quantitative estimate of drug-likeness (QED) is 0.320. The van der Waals surface area contributed by atoms with E-state index in [2.05, 4.69) is 16.7 Å². The zero-order valence-electron chi connectivity index (χ0n) is 23.1. The third kappa shape index (κ3) is 7.18. The van der Waals surface area contributed by atoms with Gasteiger partial charge < -0.3 is 39.4 Å². The van der Waals surface area contributed by atoms with Gasteiger partial charge >= 0.3 is 6.09 Å². The lowest BCUT2D eigenvalue weighted by Crippen LogP contribution is -2.51. The molecule has 1 aliphatic carbocycles. The molecule has 2 unspecified atom stereocenters. The van der Waals surface area contributed by atoms with Gasteiger partial charge in [-0.1, -0.05) is 12.2 Å². The minimum Gasteiger partial charge on any atom is -0.497 e. The van der Waals surface area contributed by atoms with E-state index in [9.17, 15) is 18.3 Å². The highest BCUT2D eigenvalue weighted by Gasteiger charge is 2.44. The predicted molar refractivity (Wildman–Crippen MR) is 148 cm³/mol. The number of allylic oxidation sites excluding steroid dienone is 1. The zero-order chi connectivity index (χ0) is 29.0. The number of hydrogen-bond acceptors (Lipinski definition) is 10. The third-order valence-corrected chi connectivity index (χ3v) is 9.93. The summed E-state index contributed by atoms with van der Waals surface area (Å²) in [7, 11) is 3.43. The number of rotatable bonds is 6. The topological polar surface area (TPSA) is 145 Å². The van der Waals surface area contributed by atoms with Gasteiger partial charge in [-0.2, -0.15) is 4.31 Å². The van der Waals surface area contributed by atoms with Crippen molar-refractivity contribution >= 4 is 24.0 Å². The molecule has 7 atom stereocenters. The fourth-order valence-corrected chi connectivity index (χ4v) is 7.29. The molecule has 0 spiro atoms. The summed E-state index contributed by atoms with van der Waals surface area (Å²) >= 11 is 0. The second-order valence-corrected chi connectivity index (χ2v) is 12.7. The van der Waals surface area contributed by atoms with Crippen LogP contribution in [0.3, 0.4) is 0 Å². The molecule has 1 aromatic carbocycles. The SMILES string of the molecule is [B][C@H](NC(=O)O[C@H]1CO[C@H]2OCC[C@H]21)[C@H](O)CN1CCNC/C=C\C2CCC(C2)Oc2cc(OC)ccc2S1(=O)=O. The lowest BCUT2D eigenvalue weighted by Gasteiger charge is -2.29. The van der Waals surface area contributed by atoms with Crippen molar-refractivity contribution in [3.63, 3.8) is 0 Å². The van der Waals surface area contributed by atoms with Gasteiger partial charge in [0.05, 0.1) is 38.4 Å². The second kappa shape index (κ2) is 13.3. The maximum absolute atomic E-state index is 14.0. The summed E-state index contributed by atoms with van der Waals surface area (Å²) in [4.78, 5) is 12.5. The van der Waals surface area contributed by atoms with E-state index in [-0.39, 0.29) is 48.7 Å². The number of β-amino-alcohol motifs (C(OH)–C–C–N with tert-alkyl or cyclic N) is 1. The van der Waals surface area contributed by atoms with Crippen LogP contribution in [0.2, 0.25) is 0 Å². The van der Waals surface area contributed by atoms with Crippen molar-refractivity contribution in [1.29, 1.82) is 0 Å². The number of hydrogen-bond donors (Lipinski definition) is 3.